The molecule has 0 radical (unpaired) electrons. The van der Waals surface area contributed by atoms with Crippen LogP contribution in [0.25, 0.3) is 0 Å². The maximum Gasteiger partial charge on any atom is 0.302 e. The minimum absolute atomic E-state index is 0.0942. The van der Waals surface area contributed by atoms with Crippen molar-refractivity contribution >= 4 is 12.0 Å². The number of fused-ring (bicyclic) bond motifs is 1. The topological polar surface area (TPSA) is 51.1 Å². The molecule has 2 rings (SSSR count). The smallest absolute Gasteiger partial charge is 0.302 e. The summed E-state index contributed by atoms with van der Waals surface area (Å²) in [6.45, 7) is 1.89. The predicted octanol–water partition coefficient (Wildman–Crippen LogP) is 0.645. The Morgan fingerprint density at radius 2 is 2.31 bits per heavy atom. The van der Waals surface area contributed by atoms with Gasteiger partial charge in [0.25, 0.3) is 6.02 Å². The van der Waals surface area contributed by atoms with Crippen LogP contribution in [0.3, 0.4) is 0 Å². The van der Waals surface area contributed by atoms with Gasteiger partial charge in [0.05, 0.1) is 12.6 Å². The molecular weight excluding hydrogens is 208 g/mol. The van der Waals surface area contributed by atoms with Crippen molar-refractivity contribution in [2.45, 2.75) is 31.9 Å². The van der Waals surface area contributed by atoms with Gasteiger partial charge >= 0.3 is 5.97 Å². The lowest BCUT2D eigenvalue weighted by Gasteiger charge is -2.20. The van der Waals surface area contributed by atoms with E-state index >= 15 is 0 Å². The van der Waals surface area contributed by atoms with Gasteiger partial charge in [0, 0.05) is 26.9 Å². The zero-order chi connectivity index (χ0) is 11.7. The molecule has 5 heteroatoms. The van der Waals surface area contributed by atoms with Crippen molar-refractivity contribution in [3.05, 3.63) is 0 Å². The van der Waals surface area contributed by atoms with Gasteiger partial charge in [-0.05, 0) is 12.8 Å². The molecule has 1 fully saturated rings. The summed E-state index contributed by atoms with van der Waals surface area (Å²) in [6.07, 6.45) is 2.14. The average molecular weight is 226 g/mol. The summed E-state index contributed by atoms with van der Waals surface area (Å²) in [5.74, 6) is 0.0605. The largest absolute Gasteiger partial charge is 0.465 e. The second kappa shape index (κ2) is 4.31. The van der Waals surface area contributed by atoms with Gasteiger partial charge in [0.15, 0.2) is 0 Å². The second-order valence-electron chi connectivity index (χ2n) is 4.60. The maximum atomic E-state index is 10.8. The van der Waals surface area contributed by atoms with Gasteiger partial charge in [-0.1, -0.05) is 0 Å². The lowest BCUT2D eigenvalue weighted by atomic mass is 10.1. The lowest BCUT2D eigenvalue weighted by Crippen LogP contribution is -2.30. The van der Waals surface area contributed by atoms with E-state index in [2.05, 4.69) is 4.99 Å². The summed E-state index contributed by atoms with van der Waals surface area (Å²) in [4.78, 5) is 17.1. The van der Waals surface area contributed by atoms with E-state index in [4.69, 9.17) is 9.47 Å². The Labute approximate surface area is 95.4 Å². The number of nitrogens with zero attached hydrogens (tertiary/aromatic N) is 2. The first-order valence-electron chi connectivity index (χ1n) is 5.63. The molecule has 0 saturated heterocycles. The first-order valence-corrected chi connectivity index (χ1v) is 5.63. The summed E-state index contributed by atoms with van der Waals surface area (Å²) < 4.78 is 10.8. The minimum Gasteiger partial charge on any atom is -0.465 e. The molecule has 0 aromatic rings. The predicted molar refractivity (Wildman–Crippen MR) is 59.1 cm³/mol. The molecule has 3 atom stereocenters. The fourth-order valence-electron chi connectivity index (χ4n) is 2.26. The number of rotatable bonds is 2. The van der Waals surface area contributed by atoms with E-state index in [1.807, 2.05) is 19.0 Å². The minimum atomic E-state index is -0.227. The van der Waals surface area contributed by atoms with Crippen LogP contribution in [0, 0.1) is 5.92 Å². The molecule has 0 bridgehead atoms. The van der Waals surface area contributed by atoms with Crippen LogP contribution < -0.4 is 0 Å². The first-order chi connectivity index (χ1) is 7.58. The van der Waals surface area contributed by atoms with Crippen LogP contribution in [0.4, 0.5) is 0 Å². The Bertz CT molecular complexity index is 314. The molecule has 90 valence electrons. The highest BCUT2D eigenvalue weighted by Crippen LogP contribution is 2.35. The van der Waals surface area contributed by atoms with Gasteiger partial charge in [-0.3, -0.25) is 4.79 Å². The summed E-state index contributed by atoms with van der Waals surface area (Å²) in [7, 11) is 3.84. The zero-order valence-corrected chi connectivity index (χ0v) is 9.97. The molecule has 0 unspecified atom stereocenters. The number of carbonyl (C=O) groups is 1. The third-order valence-corrected chi connectivity index (χ3v) is 3.08. The van der Waals surface area contributed by atoms with Crippen molar-refractivity contribution in [1.82, 2.24) is 4.90 Å². The monoisotopic (exact) mass is 226 g/mol. The van der Waals surface area contributed by atoms with Gasteiger partial charge in [0.2, 0.25) is 0 Å². The molecule has 2 aliphatic rings. The molecule has 0 aromatic carbocycles. The van der Waals surface area contributed by atoms with Crippen LogP contribution in [0.1, 0.15) is 19.8 Å². The molecule has 1 saturated carbocycles. The average Bonchev–Trinajstić information content (AvgIpc) is 2.73. The summed E-state index contributed by atoms with van der Waals surface area (Å²) >= 11 is 0. The molecule has 16 heavy (non-hydrogen) atoms. The number of amidine groups is 1. The molecule has 5 nitrogen and oxygen atoms in total. The van der Waals surface area contributed by atoms with E-state index in [9.17, 15) is 4.79 Å². The van der Waals surface area contributed by atoms with Crippen LogP contribution in [0.2, 0.25) is 0 Å². The zero-order valence-electron chi connectivity index (χ0n) is 9.97. The summed E-state index contributed by atoms with van der Waals surface area (Å²) in [6, 6.07) is 0.945. The number of aliphatic imine (C=N–C) groups is 1. The van der Waals surface area contributed by atoms with E-state index in [1.54, 1.807) is 0 Å². The molecule has 0 spiro atoms. The maximum absolute atomic E-state index is 10.8. The van der Waals surface area contributed by atoms with Crippen LogP contribution >= 0.6 is 0 Å². The van der Waals surface area contributed by atoms with Crippen molar-refractivity contribution in [3.8, 4) is 0 Å². The van der Waals surface area contributed by atoms with Gasteiger partial charge < -0.3 is 14.4 Å². The first kappa shape index (κ1) is 11.2. The summed E-state index contributed by atoms with van der Waals surface area (Å²) in [5, 5.41) is 0. The van der Waals surface area contributed by atoms with Crippen LogP contribution in [-0.2, 0) is 14.3 Å². The molecule has 0 N–H and O–H groups in total. The van der Waals surface area contributed by atoms with Crippen molar-refractivity contribution in [2.75, 3.05) is 20.7 Å². The highest BCUT2D eigenvalue weighted by Gasteiger charge is 2.43. The Hall–Kier alpha value is -1.26. The Balaban J connectivity index is 1.91. The molecule has 0 amide bonds. The second-order valence-corrected chi connectivity index (χ2v) is 4.60. The molecule has 0 aromatic heterocycles. The van der Waals surface area contributed by atoms with E-state index in [0.717, 1.165) is 12.8 Å². The van der Waals surface area contributed by atoms with Gasteiger partial charge in [-0.15, -0.1) is 0 Å². The van der Waals surface area contributed by atoms with Gasteiger partial charge in [-0.25, -0.2) is 4.99 Å². The van der Waals surface area contributed by atoms with Crippen LogP contribution in [0.5, 0.6) is 0 Å². The molecular formula is C11H18N2O3. The fraction of sp³-hybridized carbons (Fsp3) is 0.818. The van der Waals surface area contributed by atoms with Crippen molar-refractivity contribution in [2.24, 2.45) is 10.9 Å². The highest BCUT2D eigenvalue weighted by atomic mass is 16.5. The highest BCUT2D eigenvalue weighted by molar-refractivity contribution is 5.75. The number of ether oxygens (including phenoxy) is 2. The number of hydrogen-bond donors (Lipinski definition) is 0. The molecule has 1 aliphatic carbocycles. The molecule has 1 heterocycles. The number of hydrogen-bond acceptors (Lipinski definition) is 5. The lowest BCUT2D eigenvalue weighted by molar-refractivity contribution is -0.143. The van der Waals surface area contributed by atoms with E-state index in [-0.39, 0.29) is 24.0 Å². The fourth-order valence-corrected chi connectivity index (χ4v) is 2.26. The van der Waals surface area contributed by atoms with E-state index < -0.39 is 0 Å². The number of carbonyl (C=O) groups excluding carboxylic acids is 1. The Morgan fingerprint density at radius 3 is 2.94 bits per heavy atom. The third kappa shape index (κ3) is 2.13. The van der Waals surface area contributed by atoms with Gasteiger partial charge in [0.1, 0.15) is 6.10 Å². The van der Waals surface area contributed by atoms with Crippen LogP contribution in [0.15, 0.2) is 4.99 Å². The third-order valence-electron chi connectivity index (χ3n) is 3.08. The Morgan fingerprint density at radius 1 is 1.56 bits per heavy atom. The normalized spacial score (nSPS) is 31.7. The standard InChI is InChI=1S/C11H18N2O3/c1-7(14)15-6-8-4-5-9-10(8)16-11(12-9)13(2)3/h8-10H,4-6H2,1-3H3/t8-,9-,10-/m0/s1. The van der Waals surface area contributed by atoms with Gasteiger partial charge in [-0.2, -0.15) is 0 Å². The summed E-state index contributed by atoms with van der Waals surface area (Å²) in [5.41, 5.74) is 0. The number of esters is 1. The van der Waals surface area contributed by atoms with Crippen LogP contribution in [-0.4, -0.2) is 49.7 Å². The molecule has 1 aliphatic heterocycles. The van der Waals surface area contributed by atoms with E-state index in [0.29, 0.717) is 12.6 Å². The van der Waals surface area contributed by atoms with Crippen molar-refractivity contribution < 1.29 is 14.3 Å². The van der Waals surface area contributed by atoms with Crippen molar-refractivity contribution in [3.63, 3.8) is 0 Å². The van der Waals surface area contributed by atoms with E-state index in [1.165, 1.54) is 6.92 Å². The quantitative estimate of drug-likeness (QED) is 0.648. The Kier molecular flexibility index (Phi) is 3.03. The SMILES string of the molecule is CC(=O)OC[C@@H]1CC[C@@H]2N=C(N(C)C)O[C@@H]12. The van der Waals surface area contributed by atoms with Crippen molar-refractivity contribution in [1.29, 1.82) is 0 Å².